The van der Waals surface area contributed by atoms with E-state index in [0.717, 1.165) is 25.8 Å². The van der Waals surface area contributed by atoms with E-state index in [-0.39, 0.29) is 18.9 Å². The van der Waals surface area contributed by atoms with Crippen molar-refractivity contribution in [1.82, 2.24) is 19.9 Å². The molecule has 1 atom stereocenters. The Kier molecular flexibility index (Phi) is 4.70. The first-order chi connectivity index (χ1) is 9.60. The molecule has 110 valence electrons. The van der Waals surface area contributed by atoms with E-state index in [1.54, 1.807) is 0 Å². The molecule has 2 rings (SSSR count). The van der Waals surface area contributed by atoms with Crippen molar-refractivity contribution < 1.29 is 14.7 Å². The maximum Gasteiger partial charge on any atom is 0.309 e. The highest BCUT2D eigenvalue weighted by Gasteiger charge is 2.25. The Balaban J connectivity index is 1.96. The van der Waals surface area contributed by atoms with Gasteiger partial charge >= 0.3 is 5.97 Å². The molecule has 1 fully saturated rings. The average Bonchev–Trinajstić information content (AvgIpc) is 2.85. The largest absolute Gasteiger partial charge is 0.481 e. The summed E-state index contributed by atoms with van der Waals surface area (Å²) in [6.45, 7) is 3.02. The second-order valence-electron chi connectivity index (χ2n) is 5.12. The fraction of sp³-hybridized carbons (Fsp3) is 0.692. The molecule has 1 aliphatic rings. The number of aromatic nitrogens is 3. The number of rotatable bonds is 5. The summed E-state index contributed by atoms with van der Waals surface area (Å²) < 4.78 is 1.42. The molecule has 1 aromatic heterocycles. The number of hydrogen-bond donors (Lipinski definition) is 1. The number of nitrogens with zero attached hydrogens (tertiary/aromatic N) is 4. The molecule has 1 N–H and O–H groups in total. The minimum atomic E-state index is -0.953. The molecular formula is C13H20N4O3. The molecule has 7 heteroatoms. The summed E-state index contributed by atoms with van der Waals surface area (Å²) in [6, 6.07) is 0.318. The minimum Gasteiger partial charge on any atom is -0.481 e. The van der Waals surface area contributed by atoms with Crippen LogP contribution in [0.4, 0.5) is 0 Å². The Bertz CT molecular complexity index is 486. The number of aliphatic carboxylic acids is 1. The van der Waals surface area contributed by atoms with Gasteiger partial charge in [-0.2, -0.15) is 0 Å². The monoisotopic (exact) mass is 280 g/mol. The Hall–Kier alpha value is -1.92. The Morgan fingerprint density at radius 2 is 2.25 bits per heavy atom. The van der Waals surface area contributed by atoms with E-state index < -0.39 is 5.97 Å². The van der Waals surface area contributed by atoms with Crippen LogP contribution in [0.15, 0.2) is 6.20 Å². The van der Waals surface area contributed by atoms with Crippen LogP contribution in [0.3, 0.4) is 0 Å². The number of carbonyl (C=O) groups is 2. The van der Waals surface area contributed by atoms with E-state index in [2.05, 4.69) is 17.2 Å². The third-order valence-electron chi connectivity index (χ3n) is 3.63. The summed E-state index contributed by atoms with van der Waals surface area (Å²) in [6.07, 6.45) is 5.60. The van der Waals surface area contributed by atoms with Crippen LogP contribution in [-0.4, -0.2) is 49.5 Å². The van der Waals surface area contributed by atoms with E-state index in [1.807, 2.05) is 4.90 Å². The predicted molar refractivity (Wildman–Crippen MR) is 71.0 cm³/mol. The van der Waals surface area contributed by atoms with Crippen LogP contribution in [0.2, 0.25) is 0 Å². The fourth-order valence-electron chi connectivity index (χ4n) is 2.63. The predicted octanol–water partition coefficient (Wildman–Crippen LogP) is 0.696. The molecule has 1 saturated heterocycles. The summed E-state index contributed by atoms with van der Waals surface area (Å²) in [5.74, 6) is -0.922. The molecule has 0 spiro atoms. The molecule has 1 aliphatic heterocycles. The summed E-state index contributed by atoms with van der Waals surface area (Å²) in [5.41, 5.74) is 0.371. The van der Waals surface area contributed by atoms with Gasteiger partial charge in [0.25, 0.3) is 0 Å². The van der Waals surface area contributed by atoms with Crippen molar-refractivity contribution in [3.8, 4) is 0 Å². The van der Waals surface area contributed by atoms with Crippen LogP contribution in [0.5, 0.6) is 0 Å². The number of carbonyl (C=O) groups excluding carboxylic acids is 1. The number of carboxylic acids is 1. The van der Waals surface area contributed by atoms with Gasteiger partial charge in [0.05, 0.1) is 12.1 Å². The van der Waals surface area contributed by atoms with E-state index in [1.165, 1.54) is 17.3 Å². The SMILES string of the molecule is CCC1CCCCN1C(=O)Cn1cc(CC(=O)O)nn1. The van der Waals surface area contributed by atoms with Gasteiger partial charge in [0.2, 0.25) is 5.91 Å². The Labute approximate surface area is 117 Å². The molecule has 0 saturated carbocycles. The highest BCUT2D eigenvalue weighted by atomic mass is 16.4. The minimum absolute atomic E-state index is 0.0309. The van der Waals surface area contributed by atoms with Crippen molar-refractivity contribution in [2.45, 2.75) is 51.6 Å². The summed E-state index contributed by atoms with van der Waals surface area (Å²) >= 11 is 0. The maximum atomic E-state index is 12.3. The third kappa shape index (κ3) is 3.55. The van der Waals surface area contributed by atoms with E-state index in [9.17, 15) is 9.59 Å². The second-order valence-corrected chi connectivity index (χ2v) is 5.12. The molecule has 7 nitrogen and oxygen atoms in total. The molecule has 2 heterocycles. The number of piperidine rings is 1. The van der Waals surface area contributed by atoms with Gasteiger partial charge < -0.3 is 10.0 Å². The summed E-state index contributed by atoms with van der Waals surface area (Å²) in [7, 11) is 0. The van der Waals surface area contributed by atoms with Crippen molar-refractivity contribution in [3.05, 3.63) is 11.9 Å². The lowest BCUT2D eigenvalue weighted by molar-refractivity contribution is -0.136. The van der Waals surface area contributed by atoms with E-state index >= 15 is 0 Å². The zero-order chi connectivity index (χ0) is 14.5. The van der Waals surface area contributed by atoms with Gasteiger partial charge in [-0.1, -0.05) is 12.1 Å². The number of likely N-dealkylation sites (tertiary alicyclic amines) is 1. The van der Waals surface area contributed by atoms with Gasteiger partial charge in [0.1, 0.15) is 6.54 Å². The molecule has 20 heavy (non-hydrogen) atoms. The first kappa shape index (κ1) is 14.5. The van der Waals surface area contributed by atoms with Crippen LogP contribution in [0, 0.1) is 0 Å². The van der Waals surface area contributed by atoms with Crippen molar-refractivity contribution in [2.75, 3.05) is 6.54 Å². The van der Waals surface area contributed by atoms with Crippen molar-refractivity contribution in [2.24, 2.45) is 0 Å². The quantitative estimate of drug-likeness (QED) is 0.857. The maximum absolute atomic E-state index is 12.3. The first-order valence-electron chi connectivity index (χ1n) is 7.00. The van der Waals surface area contributed by atoms with E-state index in [4.69, 9.17) is 5.11 Å². The first-order valence-corrected chi connectivity index (χ1v) is 7.00. The number of carboxylic acid groups (broad SMARTS) is 1. The van der Waals surface area contributed by atoms with Crippen molar-refractivity contribution in [1.29, 1.82) is 0 Å². The van der Waals surface area contributed by atoms with Gasteiger partial charge in [0, 0.05) is 18.8 Å². The third-order valence-corrected chi connectivity index (χ3v) is 3.63. The fourth-order valence-corrected chi connectivity index (χ4v) is 2.63. The van der Waals surface area contributed by atoms with Crippen molar-refractivity contribution in [3.63, 3.8) is 0 Å². The lowest BCUT2D eigenvalue weighted by Gasteiger charge is -2.35. The molecule has 1 unspecified atom stereocenters. The zero-order valence-electron chi connectivity index (χ0n) is 11.7. The standard InChI is InChI=1S/C13H20N4O3/c1-2-11-5-3-4-6-17(11)12(18)9-16-8-10(14-15-16)7-13(19)20/h8,11H,2-7,9H2,1H3,(H,19,20). The second kappa shape index (κ2) is 6.49. The van der Waals surface area contributed by atoms with Crippen LogP contribution in [0.1, 0.15) is 38.3 Å². The molecular weight excluding hydrogens is 260 g/mol. The van der Waals surface area contributed by atoms with Gasteiger partial charge in [-0.25, -0.2) is 4.68 Å². The molecule has 0 aliphatic carbocycles. The number of hydrogen-bond acceptors (Lipinski definition) is 4. The topological polar surface area (TPSA) is 88.3 Å². The van der Waals surface area contributed by atoms with Crippen molar-refractivity contribution >= 4 is 11.9 Å². The summed E-state index contributed by atoms with van der Waals surface area (Å²) in [4.78, 5) is 24.8. The molecule has 1 amide bonds. The average molecular weight is 280 g/mol. The zero-order valence-corrected chi connectivity index (χ0v) is 11.7. The van der Waals surface area contributed by atoms with Crippen LogP contribution in [-0.2, 0) is 22.6 Å². The lowest BCUT2D eigenvalue weighted by atomic mass is 10.00. The highest BCUT2D eigenvalue weighted by molar-refractivity contribution is 5.76. The number of amides is 1. The Morgan fingerprint density at radius 3 is 2.95 bits per heavy atom. The highest BCUT2D eigenvalue weighted by Crippen LogP contribution is 2.19. The molecule has 1 aromatic rings. The van der Waals surface area contributed by atoms with Crippen LogP contribution < -0.4 is 0 Å². The van der Waals surface area contributed by atoms with Crippen LogP contribution in [0.25, 0.3) is 0 Å². The van der Waals surface area contributed by atoms with E-state index in [0.29, 0.717) is 11.7 Å². The van der Waals surface area contributed by atoms with Gasteiger partial charge in [-0.3, -0.25) is 9.59 Å². The van der Waals surface area contributed by atoms with Crippen LogP contribution >= 0.6 is 0 Å². The molecule has 0 radical (unpaired) electrons. The van der Waals surface area contributed by atoms with Gasteiger partial charge in [0.15, 0.2) is 0 Å². The molecule has 0 aromatic carbocycles. The Morgan fingerprint density at radius 1 is 1.45 bits per heavy atom. The molecule has 0 bridgehead atoms. The van der Waals surface area contributed by atoms with Gasteiger partial charge in [-0.15, -0.1) is 5.10 Å². The van der Waals surface area contributed by atoms with Gasteiger partial charge in [-0.05, 0) is 25.7 Å². The normalized spacial score (nSPS) is 19.1. The lowest BCUT2D eigenvalue weighted by Crippen LogP contribution is -2.44. The smallest absolute Gasteiger partial charge is 0.309 e. The summed E-state index contributed by atoms with van der Waals surface area (Å²) in [5, 5.41) is 16.2.